The summed E-state index contributed by atoms with van der Waals surface area (Å²) >= 11 is 0. The van der Waals surface area contributed by atoms with Gasteiger partial charge in [0.05, 0.1) is 19.3 Å². The van der Waals surface area contributed by atoms with E-state index in [1.807, 2.05) is 0 Å². The van der Waals surface area contributed by atoms with E-state index in [0.717, 1.165) is 38.3 Å². The van der Waals surface area contributed by atoms with Crippen molar-refractivity contribution in [3.05, 3.63) is 35.4 Å². The van der Waals surface area contributed by atoms with Crippen molar-refractivity contribution in [3.63, 3.8) is 0 Å². The molecule has 1 fully saturated rings. The van der Waals surface area contributed by atoms with Crippen LogP contribution in [-0.2, 0) is 4.74 Å². The van der Waals surface area contributed by atoms with Crippen molar-refractivity contribution in [2.24, 2.45) is 0 Å². The first kappa shape index (κ1) is 14.5. The molecule has 0 bridgehead atoms. The Hall–Kier alpha value is -0.900. The van der Waals surface area contributed by atoms with E-state index in [9.17, 15) is 5.11 Å². The van der Waals surface area contributed by atoms with Crippen LogP contribution in [0.2, 0.25) is 0 Å². The molecule has 1 N–H and O–H groups in total. The van der Waals surface area contributed by atoms with Crippen LogP contribution in [0.4, 0.5) is 0 Å². The minimum atomic E-state index is -0.399. The van der Waals surface area contributed by atoms with Crippen LogP contribution in [-0.4, -0.2) is 42.9 Å². The van der Waals surface area contributed by atoms with Gasteiger partial charge in [-0.3, -0.25) is 4.90 Å². The molecule has 1 aromatic rings. The van der Waals surface area contributed by atoms with Crippen LogP contribution < -0.4 is 0 Å². The standard InChI is InChI=1S/C16H25NO2/c1-3-13(2)14-4-6-15(7-5-14)16(18)12-17-8-10-19-11-9-17/h4-7,13,16,18H,3,8-12H2,1-2H3. The van der Waals surface area contributed by atoms with Crippen molar-refractivity contribution >= 4 is 0 Å². The van der Waals surface area contributed by atoms with Crippen LogP contribution in [0.3, 0.4) is 0 Å². The molecule has 106 valence electrons. The molecule has 0 spiro atoms. The van der Waals surface area contributed by atoms with Gasteiger partial charge in [0.2, 0.25) is 0 Å². The van der Waals surface area contributed by atoms with Crippen LogP contribution >= 0.6 is 0 Å². The lowest BCUT2D eigenvalue weighted by molar-refractivity contribution is 0.0143. The molecule has 1 aliphatic rings. The van der Waals surface area contributed by atoms with Crippen molar-refractivity contribution in [2.75, 3.05) is 32.8 Å². The van der Waals surface area contributed by atoms with E-state index < -0.39 is 6.10 Å². The first-order chi connectivity index (χ1) is 9.20. The highest BCUT2D eigenvalue weighted by molar-refractivity contribution is 5.26. The predicted molar refractivity (Wildman–Crippen MR) is 77.4 cm³/mol. The van der Waals surface area contributed by atoms with Gasteiger partial charge in [0, 0.05) is 19.6 Å². The average Bonchev–Trinajstić information content (AvgIpc) is 2.47. The lowest BCUT2D eigenvalue weighted by atomic mass is 9.96. The maximum atomic E-state index is 10.3. The van der Waals surface area contributed by atoms with Gasteiger partial charge >= 0.3 is 0 Å². The first-order valence-corrected chi connectivity index (χ1v) is 7.28. The van der Waals surface area contributed by atoms with E-state index in [4.69, 9.17) is 4.74 Å². The lowest BCUT2D eigenvalue weighted by Crippen LogP contribution is -2.38. The molecule has 0 aliphatic carbocycles. The molecule has 1 aromatic carbocycles. The fourth-order valence-electron chi connectivity index (χ4n) is 2.42. The lowest BCUT2D eigenvalue weighted by Gasteiger charge is -2.28. The van der Waals surface area contributed by atoms with Crippen molar-refractivity contribution in [1.29, 1.82) is 0 Å². The number of β-amino-alcohol motifs (C(OH)–C–C–N with tert-alkyl or cyclic N) is 1. The van der Waals surface area contributed by atoms with Crippen molar-refractivity contribution in [3.8, 4) is 0 Å². The van der Waals surface area contributed by atoms with Crippen LogP contribution in [0.15, 0.2) is 24.3 Å². The van der Waals surface area contributed by atoms with Gasteiger partial charge < -0.3 is 9.84 Å². The third-order valence-corrected chi connectivity index (χ3v) is 4.04. The fourth-order valence-corrected chi connectivity index (χ4v) is 2.42. The molecule has 2 rings (SSSR count). The predicted octanol–water partition coefficient (Wildman–Crippen LogP) is 2.57. The highest BCUT2D eigenvalue weighted by Gasteiger charge is 2.16. The molecule has 2 atom stereocenters. The first-order valence-electron chi connectivity index (χ1n) is 7.28. The summed E-state index contributed by atoms with van der Waals surface area (Å²) in [6.07, 6.45) is 0.749. The molecule has 1 saturated heterocycles. The summed E-state index contributed by atoms with van der Waals surface area (Å²) in [6, 6.07) is 8.41. The highest BCUT2D eigenvalue weighted by atomic mass is 16.5. The molecular formula is C16H25NO2. The Bertz CT molecular complexity index is 371. The second-order valence-electron chi connectivity index (χ2n) is 5.40. The summed E-state index contributed by atoms with van der Waals surface area (Å²) in [7, 11) is 0. The Morgan fingerprint density at radius 1 is 1.16 bits per heavy atom. The molecular weight excluding hydrogens is 238 g/mol. The monoisotopic (exact) mass is 263 g/mol. The number of hydrogen-bond donors (Lipinski definition) is 1. The molecule has 19 heavy (non-hydrogen) atoms. The highest BCUT2D eigenvalue weighted by Crippen LogP contribution is 2.22. The van der Waals surface area contributed by atoms with Crippen molar-refractivity contribution in [1.82, 2.24) is 4.90 Å². The second-order valence-corrected chi connectivity index (χ2v) is 5.40. The zero-order valence-electron chi connectivity index (χ0n) is 12.0. The van der Waals surface area contributed by atoms with Gasteiger partial charge in [0.1, 0.15) is 0 Å². The molecule has 3 heteroatoms. The van der Waals surface area contributed by atoms with Gasteiger partial charge in [0.25, 0.3) is 0 Å². The summed E-state index contributed by atoms with van der Waals surface area (Å²) in [5.41, 5.74) is 2.36. The van der Waals surface area contributed by atoms with Crippen LogP contribution in [0.1, 0.15) is 43.4 Å². The molecule has 0 aromatic heterocycles. The SMILES string of the molecule is CCC(C)c1ccc(C(O)CN2CCOCC2)cc1. The van der Waals surface area contributed by atoms with Crippen LogP contribution in [0.25, 0.3) is 0 Å². The number of nitrogens with zero attached hydrogens (tertiary/aromatic N) is 1. The van der Waals surface area contributed by atoms with E-state index in [0.29, 0.717) is 12.5 Å². The Kier molecular flexibility index (Phi) is 5.37. The minimum Gasteiger partial charge on any atom is -0.387 e. The van der Waals surface area contributed by atoms with Gasteiger partial charge in [-0.1, -0.05) is 38.1 Å². The molecule has 0 radical (unpaired) electrons. The summed E-state index contributed by atoms with van der Waals surface area (Å²) < 4.78 is 5.32. The molecule has 2 unspecified atom stereocenters. The third kappa shape index (κ3) is 4.03. The van der Waals surface area contributed by atoms with E-state index >= 15 is 0 Å². The van der Waals surface area contributed by atoms with Gasteiger partial charge in [-0.15, -0.1) is 0 Å². The Morgan fingerprint density at radius 2 is 1.74 bits per heavy atom. The number of benzene rings is 1. The average molecular weight is 263 g/mol. The van der Waals surface area contributed by atoms with E-state index in [1.54, 1.807) is 0 Å². The maximum Gasteiger partial charge on any atom is 0.0916 e. The Morgan fingerprint density at radius 3 is 2.32 bits per heavy atom. The summed E-state index contributed by atoms with van der Waals surface area (Å²) in [5.74, 6) is 0.588. The molecule has 3 nitrogen and oxygen atoms in total. The van der Waals surface area contributed by atoms with Gasteiger partial charge in [0.15, 0.2) is 0 Å². The molecule has 1 aliphatic heterocycles. The number of morpholine rings is 1. The number of ether oxygens (including phenoxy) is 1. The Balaban J connectivity index is 1.93. The van der Waals surface area contributed by atoms with Gasteiger partial charge in [-0.05, 0) is 23.5 Å². The number of rotatable bonds is 5. The Labute approximate surface area is 116 Å². The topological polar surface area (TPSA) is 32.7 Å². The fraction of sp³-hybridized carbons (Fsp3) is 0.625. The summed E-state index contributed by atoms with van der Waals surface area (Å²) in [4.78, 5) is 2.26. The third-order valence-electron chi connectivity index (χ3n) is 4.04. The van der Waals surface area contributed by atoms with Gasteiger partial charge in [-0.2, -0.15) is 0 Å². The normalized spacial score (nSPS) is 20.2. The zero-order valence-corrected chi connectivity index (χ0v) is 12.0. The molecule has 0 saturated carbocycles. The largest absolute Gasteiger partial charge is 0.387 e. The maximum absolute atomic E-state index is 10.3. The van der Waals surface area contributed by atoms with Gasteiger partial charge in [-0.25, -0.2) is 0 Å². The number of aliphatic hydroxyl groups is 1. The quantitative estimate of drug-likeness (QED) is 0.886. The second kappa shape index (κ2) is 7.04. The summed E-state index contributed by atoms with van der Waals surface area (Å²) in [6.45, 7) is 8.53. The van der Waals surface area contributed by atoms with E-state index in [1.165, 1.54) is 5.56 Å². The molecule has 0 amide bonds. The smallest absolute Gasteiger partial charge is 0.0916 e. The zero-order chi connectivity index (χ0) is 13.7. The van der Waals surface area contributed by atoms with Crippen molar-refractivity contribution in [2.45, 2.75) is 32.3 Å². The van der Waals surface area contributed by atoms with E-state index in [-0.39, 0.29) is 0 Å². The minimum absolute atomic E-state index is 0.399. The van der Waals surface area contributed by atoms with Crippen molar-refractivity contribution < 1.29 is 9.84 Å². The van der Waals surface area contributed by atoms with E-state index in [2.05, 4.69) is 43.0 Å². The number of hydrogen-bond acceptors (Lipinski definition) is 3. The molecule has 1 heterocycles. The van der Waals surface area contributed by atoms with Crippen LogP contribution in [0, 0.1) is 0 Å². The van der Waals surface area contributed by atoms with Crippen LogP contribution in [0.5, 0.6) is 0 Å². The number of aliphatic hydroxyl groups excluding tert-OH is 1. The summed E-state index contributed by atoms with van der Waals surface area (Å²) in [5, 5.41) is 10.3.